The lowest BCUT2D eigenvalue weighted by Gasteiger charge is -2.37. The lowest BCUT2D eigenvalue weighted by Crippen LogP contribution is -2.50. The molecule has 3 rings (SSSR count). The van der Waals surface area contributed by atoms with Gasteiger partial charge in [-0.25, -0.2) is 4.79 Å². The Morgan fingerprint density at radius 2 is 1.93 bits per heavy atom. The molecule has 1 amide bonds. The number of carbonyl (C=O) groups excluding carboxylic acids is 1. The zero-order valence-corrected chi connectivity index (χ0v) is 19.3. The number of aliphatic hydroxyl groups is 1. The Kier molecular flexibility index (Phi) is 6.39. The van der Waals surface area contributed by atoms with E-state index in [9.17, 15) is 9.90 Å². The summed E-state index contributed by atoms with van der Waals surface area (Å²) in [5, 5.41) is 10.7. The Hall–Kier alpha value is -1.80. The predicted octanol–water partition coefficient (Wildman–Crippen LogP) is 3.65. The summed E-state index contributed by atoms with van der Waals surface area (Å²) >= 11 is 6.22. The minimum Gasteiger partial charge on any atom is -0.461 e. The Morgan fingerprint density at radius 1 is 1.23 bits per heavy atom. The zero-order valence-electron chi connectivity index (χ0n) is 18.6. The van der Waals surface area contributed by atoms with Gasteiger partial charge < -0.3 is 19.5 Å². The normalized spacial score (nSPS) is 27.3. The summed E-state index contributed by atoms with van der Waals surface area (Å²) in [4.78, 5) is 25.1. The molecule has 0 unspecified atom stereocenters. The number of carbonyl (C=O) groups is 1. The molecule has 2 saturated heterocycles. The summed E-state index contributed by atoms with van der Waals surface area (Å²) in [6.45, 7) is 11.5. The summed E-state index contributed by atoms with van der Waals surface area (Å²) in [6, 6.07) is 1.85. The summed E-state index contributed by atoms with van der Waals surface area (Å²) in [7, 11) is 0. The number of aromatic nitrogens is 2. The van der Waals surface area contributed by atoms with Crippen LogP contribution in [0.5, 0.6) is 6.01 Å². The van der Waals surface area contributed by atoms with Crippen molar-refractivity contribution in [2.45, 2.75) is 77.0 Å². The molecule has 2 aliphatic rings. The molecule has 2 aliphatic heterocycles. The number of likely N-dealkylation sites (tertiary alicyclic amines) is 1. The second kappa shape index (κ2) is 8.38. The molecule has 2 atom stereocenters. The number of ether oxygens (including phenoxy) is 2. The summed E-state index contributed by atoms with van der Waals surface area (Å²) in [5.74, 6) is 0.630. The van der Waals surface area contributed by atoms with Gasteiger partial charge in [0.2, 0.25) is 0 Å². The fourth-order valence-corrected chi connectivity index (χ4v) is 4.22. The molecule has 1 N–H and O–H groups in total. The SMILES string of the molecule is CC(C)(C)OC(=O)N1CCC[C@@]1(C)COc1nc(Cl)cc(N2CCC[C@@](C)(O)C2)n1. The smallest absolute Gasteiger partial charge is 0.410 e. The Balaban J connectivity index is 1.70. The van der Waals surface area contributed by atoms with E-state index in [0.29, 0.717) is 18.9 Å². The first-order valence-corrected chi connectivity index (χ1v) is 10.9. The second-order valence-corrected chi connectivity index (χ2v) is 10.3. The first-order valence-electron chi connectivity index (χ1n) is 10.5. The van der Waals surface area contributed by atoms with Crippen molar-refractivity contribution in [2.75, 3.05) is 31.1 Å². The molecule has 0 saturated carbocycles. The second-order valence-electron chi connectivity index (χ2n) is 9.87. The van der Waals surface area contributed by atoms with E-state index in [1.807, 2.05) is 39.5 Å². The molecular weight excluding hydrogens is 408 g/mol. The quantitative estimate of drug-likeness (QED) is 0.715. The van der Waals surface area contributed by atoms with Gasteiger partial charge in [-0.3, -0.25) is 4.90 Å². The number of nitrogens with zero attached hydrogens (tertiary/aromatic N) is 4. The number of amides is 1. The van der Waals surface area contributed by atoms with E-state index in [2.05, 4.69) is 9.97 Å². The van der Waals surface area contributed by atoms with Crippen LogP contribution < -0.4 is 9.64 Å². The van der Waals surface area contributed by atoms with Crippen molar-refractivity contribution in [3.8, 4) is 6.01 Å². The molecule has 1 aromatic rings. The van der Waals surface area contributed by atoms with E-state index in [0.717, 1.165) is 32.2 Å². The summed E-state index contributed by atoms with van der Waals surface area (Å²) in [6.07, 6.45) is 2.96. The van der Waals surface area contributed by atoms with Crippen LogP contribution >= 0.6 is 11.6 Å². The van der Waals surface area contributed by atoms with Crippen LogP contribution in [-0.4, -0.2) is 69.0 Å². The largest absolute Gasteiger partial charge is 0.461 e. The van der Waals surface area contributed by atoms with Crippen LogP contribution in [0.4, 0.5) is 10.6 Å². The molecule has 0 bridgehead atoms. The van der Waals surface area contributed by atoms with E-state index < -0.39 is 16.7 Å². The predicted molar refractivity (Wildman–Crippen MR) is 115 cm³/mol. The van der Waals surface area contributed by atoms with Gasteiger partial charge in [-0.05, 0) is 60.3 Å². The molecule has 168 valence electrons. The maximum Gasteiger partial charge on any atom is 0.410 e. The van der Waals surface area contributed by atoms with Crippen LogP contribution in [0.2, 0.25) is 5.15 Å². The van der Waals surface area contributed by atoms with Gasteiger partial charge in [-0.1, -0.05) is 11.6 Å². The van der Waals surface area contributed by atoms with Crippen LogP contribution in [0.25, 0.3) is 0 Å². The van der Waals surface area contributed by atoms with E-state index in [-0.39, 0.29) is 23.9 Å². The first kappa shape index (κ1) is 22.9. The molecule has 0 radical (unpaired) electrons. The van der Waals surface area contributed by atoms with Crippen molar-refractivity contribution in [3.05, 3.63) is 11.2 Å². The molecule has 1 aromatic heterocycles. The standard InChI is InChI=1S/C21H33ClN4O4/c1-19(2,3)30-18(27)26-11-6-8-20(26,4)14-29-17-23-15(22)12-16(24-17)25-10-7-9-21(5,28)13-25/h12,28H,6-11,13-14H2,1-5H3/t20-,21+/m0/s1. The van der Waals surface area contributed by atoms with Gasteiger partial charge in [0, 0.05) is 25.7 Å². The van der Waals surface area contributed by atoms with Gasteiger partial charge in [-0.2, -0.15) is 9.97 Å². The summed E-state index contributed by atoms with van der Waals surface area (Å²) < 4.78 is 11.5. The Morgan fingerprint density at radius 3 is 2.60 bits per heavy atom. The molecule has 8 nitrogen and oxygen atoms in total. The van der Waals surface area contributed by atoms with Crippen molar-refractivity contribution in [1.29, 1.82) is 0 Å². The average molecular weight is 441 g/mol. The third-order valence-electron chi connectivity index (χ3n) is 5.53. The van der Waals surface area contributed by atoms with Gasteiger partial charge in [0.05, 0.1) is 11.1 Å². The fraction of sp³-hybridized carbons (Fsp3) is 0.762. The number of rotatable bonds is 4. The number of hydrogen-bond acceptors (Lipinski definition) is 7. The van der Waals surface area contributed by atoms with Crippen molar-refractivity contribution in [2.24, 2.45) is 0 Å². The van der Waals surface area contributed by atoms with Gasteiger partial charge in [0.1, 0.15) is 23.2 Å². The third kappa shape index (κ3) is 5.66. The average Bonchev–Trinajstić information content (AvgIpc) is 2.99. The highest BCUT2D eigenvalue weighted by molar-refractivity contribution is 6.29. The highest BCUT2D eigenvalue weighted by Gasteiger charge is 2.42. The maximum absolute atomic E-state index is 12.6. The van der Waals surface area contributed by atoms with E-state index >= 15 is 0 Å². The molecule has 2 fully saturated rings. The van der Waals surface area contributed by atoms with Gasteiger partial charge in [0.25, 0.3) is 0 Å². The molecule has 9 heteroatoms. The monoisotopic (exact) mass is 440 g/mol. The third-order valence-corrected chi connectivity index (χ3v) is 5.73. The van der Waals surface area contributed by atoms with Crippen molar-refractivity contribution in [3.63, 3.8) is 0 Å². The van der Waals surface area contributed by atoms with Crippen molar-refractivity contribution in [1.82, 2.24) is 14.9 Å². The van der Waals surface area contributed by atoms with Crippen molar-refractivity contribution >= 4 is 23.5 Å². The first-order chi connectivity index (χ1) is 13.9. The molecule has 0 aromatic carbocycles. The van der Waals surface area contributed by atoms with E-state index in [4.69, 9.17) is 21.1 Å². The highest BCUT2D eigenvalue weighted by atomic mass is 35.5. The van der Waals surface area contributed by atoms with Crippen LogP contribution in [0.3, 0.4) is 0 Å². The minimum absolute atomic E-state index is 0.167. The van der Waals surface area contributed by atoms with Crippen LogP contribution in [-0.2, 0) is 4.74 Å². The number of anilines is 1. The Bertz CT molecular complexity index is 783. The van der Waals surface area contributed by atoms with E-state index in [1.165, 1.54) is 0 Å². The number of β-amino-alcohol motifs (C(OH)–C–C–N with tert-alkyl or cyclic N) is 1. The molecule has 30 heavy (non-hydrogen) atoms. The number of piperidine rings is 1. The Labute approximate surface area is 183 Å². The molecule has 0 spiro atoms. The van der Waals surface area contributed by atoms with Crippen LogP contribution in [0.15, 0.2) is 6.07 Å². The molecule has 3 heterocycles. The van der Waals surface area contributed by atoms with Gasteiger partial charge in [-0.15, -0.1) is 0 Å². The molecule has 0 aliphatic carbocycles. The summed E-state index contributed by atoms with van der Waals surface area (Å²) in [5.41, 5.74) is -1.83. The highest BCUT2D eigenvalue weighted by Crippen LogP contribution is 2.32. The van der Waals surface area contributed by atoms with Crippen molar-refractivity contribution < 1.29 is 19.4 Å². The van der Waals surface area contributed by atoms with Crippen LogP contribution in [0.1, 0.15) is 60.3 Å². The zero-order chi connectivity index (χ0) is 22.2. The molecular formula is C21H33ClN4O4. The van der Waals surface area contributed by atoms with Gasteiger partial charge in [0.15, 0.2) is 0 Å². The maximum atomic E-state index is 12.6. The number of halogens is 1. The lowest BCUT2D eigenvalue weighted by atomic mass is 9.95. The van der Waals surface area contributed by atoms with E-state index in [1.54, 1.807) is 11.0 Å². The van der Waals surface area contributed by atoms with Gasteiger partial charge >= 0.3 is 12.1 Å². The topological polar surface area (TPSA) is 88.0 Å². The van der Waals surface area contributed by atoms with Crippen LogP contribution in [0, 0.1) is 0 Å². The number of hydrogen-bond donors (Lipinski definition) is 1. The lowest BCUT2D eigenvalue weighted by molar-refractivity contribution is 0.00166. The minimum atomic E-state index is -0.762. The fourth-order valence-electron chi connectivity index (χ4n) is 4.05.